The van der Waals surface area contributed by atoms with Crippen LogP contribution in [0.15, 0.2) is 47.1 Å². The van der Waals surface area contributed by atoms with Crippen LogP contribution in [0.1, 0.15) is 11.8 Å². The summed E-state index contributed by atoms with van der Waals surface area (Å²) in [6, 6.07) is 11.6. The Morgan fingerprint density at radius 3 is 2.47 bits per heavy atom. The summed E-state index contributed by atoms with van der Waals surface area (Å²) in [7, 11) is 1.65. The minimum absolute atomic E-state index is 0.0481. The van der Waals surface area contributed by atoms with Crippen molar-refractivity contribution in [1.29, 1.82) is 0 Å². The maximum Gasteiger partial charge on any atom is 0.309 e. The molecule has 1 aliphatic heterocycles. The Balaban J connectivity index is 1.58. The zero-order valence-corrected chi connectivity index (χ0v) is 17.1. The Bertz CT molecular complexity index is 801. The predicted molar refractivity (Wildman–Crippen MR) is 110 cm³/mol. The molecule has 1 aromatic heterocycles. The van der Waals surface area contributed by atoms with Crippen LogP contribution in [0.4, 0.5) is 5.69 Å². The zero-order valence-electron chi connectivity index (χ0n) is 17.1. The molecule has 0 unspecified atom stereocenters. The van der Waals surface area contributed by atoms with E-state index < -0.39 is 11.8 Å². The molecule has 0 saturated carbocycles. The van der Waals surface area contributed by atoms with E-state index >= 15 is 0 Å². The standard InChI is InChI=1S/C21H28N4O5/c1-29-17-6-4-16(5-7-17)24-9-11-25(12-10-24)18(19-3-2-14-30-19)15-23-21(28)20(27)22-8-13-26/h2-7,14,18,26H,8-13,15H2,1H3,(H,22,27)(H,23,28)/p+1/t18-/m1/s1. The van der Waals surface area contributed by atoms with E-state index in [1.165, 1.54) is 4.90 Å². The average Bonchev–Trinajstić information content (AvgIpc) is 3.32. The molecule has 9 nitrogen and oxygen atoms in total. The maximum absolute atomic E-state index is 12.0. The molecule has 0 aliphatic carbocycles. The number of benzene rings is 1. The normalized spacial score (nSPS) is 15.5. The van der Waals surface area contributed by atoms with Crippen molar-refractivity contribution in [1.82, 2.24) is 10.6 Å². The van der Waals surface area contributed by atoms with Crippen LogP contribution in [-0.4, -0.2) is 69.9 Å². The Kier molecular flexibility index (Phi) is 7.69. The number of furan rings is 1. The van der Waals surface area contributed by atoms with Gasteiger partial charge in [-0.3, -0.25) is 9.59 Å². The quantitative estimate of drug-likeness (QED) is 0.409. The molecule has 1 aliphatic rings. The summed E-state index contributed by atoms with van der Waals surface area (Å²) in [6.45, 7) is 3.58. The summed E-state index contributed by atoms with van der Waals surface area (Å²) >= 11 is 0. The minimum atomic E-state index is -0.749. The van der Waals surface area contributed by atoms with Gasteiger partial charge in [0.2, 0.25) is 0 Å². The van der Waals surface area contributed by atoms with E-state index in [4.69, 9.17) is 14.3 Å². The smallest absolute Gasteiger partial charge is 0.309 e. The van der Waals surface area contributed by atoms with E-state index in [1.807, 2.05) is 24.3 Å². The fourth-order valence-corrected chi connectivity index (χ4v) is 3.65. The first-order valence-corrected chi connectivity index (χ1v) is 10.1. The molecule has 4 N–H and O–H groups in total. The van der Waals surface area contributed by atoms with Gasteiger partial charge in [-0.15, -0.1) is 0 Å². The fraction of sp³-hybridized carbons (Fsp3) is 0.429. The van der Waals surface area contributed by atoms with E-state index in [0.29, 0.717) is 0 Å². The van der Waals surface area contributed by atoms with E-state index in [1.54, 1.807) is 13.4 Å². The Labute approximate surface area is 175 Å². The lowest BCUT2D eigenvalue weighted by atomic mass is 10.1. The topological polar surface area (TPSA) is 108 Å². The molecular formula is C21H29N4O5+. The van der Waals surface area contributed by atoms with Gasteiger partial charge in [0.15, 0.2) is 11.8 Å². The highest BCUT2D eigenvalue weighted by Crippen LogP contribution is 2.19. The molecule has 1 aromatic carbocycles. The number of methoxy groups -OCH3 is 1. The number of piperazine rings is 1. The van der Waals surface area contributed by atoms with Crippen molar-refractivity contribution >= 4 is 17.5 Å². The average molecular weight is 417 g/mol. The third-order valence-electron chi connectivity index (χ3n) is 5.29. The molecular weight excluding hydrogens is 388 g/mol. The first-order chi connectivity index (χ1) is 14.6. The van der Waals surface area contributed by atoms with Crippen LogP contribution >= 0.6 is 0 Å². The highest BCUT2D eigenvalue weighted by Gasteiger charge is 2.31. The number of aliphatic hydroxyl groups is 1. The van der Waals surface area contributed by atoms with Crippen molar-refractivity contribution in [2.75, 3.05) is 57.9 Å². The van der Waals surface area contributed by atoms with Crippen molar-refractivity contribution in [3.05, 3.63) is 48.4 Å². The van der Waals surface area contributed by atoms with Crippen LogP contribution in [0.25, 0.3) is 0 Å². The molecule has 2 heterocycles. The number of carbonyl (C=O) groups excluding carboxylic acids is 2. The number of aliphatic hydroxyl groups excluding tert-OH is 1. The Morgan fingerprint density at radius 1 is 1.17 bits per heavy atom. The van der Waals surface area contributed by atoms with Crippen LogP contribution < -0.4 is 25.2 Å². The number of hydrogen-bond donors (Lipinski definition) is 4. The first-order valence-electron chi connectivity index (χ1n) is 10.1. The van der Waals surface area contributed by atoms with Gasteiger partial charge in [-0.2, -0.15) is 0 Å². The zero-order chi connectivity index (χ0) is 21.3. The number of amides is 2. The highest BCUT2D eigenvalue weighted by atomic mass is 16.5. The second kappa shape index (κ2) is 10.7. The fourth-order valence-electron chi connectivity index (χ4n) is 3.65. The van der Waals surface area contributed by atoms with Gasteiger partial charge in [0.25, 0.3) is 0 Å². The molecule has 162 valence electrons. The van der Waals surface area contributed by atoms with Gasteiger partial charge in [0.1, 0.15) is 5.75 Å². The number of anilines is 1. The lowest BCUT2D eigenvalue weighted by molar-refractivity contribution is -0.932. The minimum Gasteiger partial charge on any atom is -0.497 e. The van der Waals surface area contributed by atoms with Gasteiger partial charge >= 0.3 is 11.8 Å². The number of nitrogens with one attached hydrogen (secondary N) is 3. The largest absolute Gasteiger partial charge is 0.497 e. The molecule has 2 amide bonds. The van der Waals surface area contributed by atoms with Gasteiger partial charge in [-0.25, -0.2) is 0 Å². The second-order valence-corrected chi connectivity index (χ2v) is 7.10. The third-order valence-corrected chi connectivity index (χ3v) is 5.29. The summed E-state index contributed by atoms with van der Waals surface area (Å²) in [5, 5.41) is 13.8. The Hall–Kier alpha value is -3.04. The van der Waals surface area contributed by atoms with Crippen molar-refractivity contribution in [2.24, 2.45) is 0 Å². The molecule has 0 spiro atoms. The van der Waals surface area contributed by atoms with Crippen molar-refractivity contribution in [3.63, 3.8) is 0 Å². The van der Waals surface area contributed by atoms with Gasteiger partial charge < -0.3 is 34.7 Å². The van der Waals surface area contributed by atoms with Gasteiger partial charge in [-0.05, 0) is 36.4 Å². The molecule has 1 atom stereocenters. The molecule has 30 heavy (non-hydrogen) atoms. The van der Waals surface area contributed by atoms with Crippen molar-refractivity contribution in [3.8, 4) is 5.75 Å². The van der Waals surface area contributed by atoms with E-state index in [2.05, 4.69) is 27.7 Å². The number of nitrogens with zero attached hydrogens (tertiary/aromatic N) is 1. The van der Waals surface area contributed by atoms with Crippen molar-refractivity contribution in [2.45, 2.75) is 6.04 Å². The number of ether oxygens (including phenoxy) is 1. The van der Waals surface area contributed by atoms with Crippen LogP contribution in [0.3, 0.4) is 0 Å². The lowest BCUT2D eigenvalue weighted by Gasteiger charge is -2.37. The molecule has 3 rings (SSSR count). The van der Waals surface area contributed by atoms with Crippen molar-refractivity contribution < 1.29 is 28.7 Å². The number of rotatable bonds is 8. The van der Waals surface area contributed by atoms with E-state index in [9.17, 15) is 9.59 Å². The maximum atomic E-state index is 12.0. The van der Waals surface area contributed by atoms with Gasteiger partial charge in [-0.1, -0.05) is 0 Å². The third kappa shape index (κ3) is 5.52. The summed E-state index contributed by atoms with van der Waals surface area (Å²) < 4.78 is 10.8. The lowest BCUT2D eigenvalue weighted by Crippen LogP contribution is -3.15. The second-order valence-electron chi connectivity index (χ2n) is 7.10. The number of quaternary nitrogens is 1. The van der Waals surface area contributed by atoms with Gasteiger partial charge in [0, 0.05) is 12.2 Å². The monoisotopic (exact) mass is 417 g/mol. The summed E-state index contributed by atoms with van der Waals surface area (Å²) in [4.78, 5) is 27.4. The van der Waals surface area contributed by atoms with Crippen LogP contribution in [0.5, 0.6) is 5.75 Å². The van der Waals surface area contributed by atoms with Crippen LogP contribution in [0.2, 0.25) is 0 Å². The van der Waals surface area contributed by atoms with Gasteiger partial charge in [0.05, 0.1) is 52.7 Å². The molecule has 0 radical (unpaired) electrons. The molecule has 1 saturated heterocycles. The molecule has 2 aromatic rings. The molecule has 0 bridgehead atoms. The first kappa shape index (κ1) is 21.7. The summed E-state index contributed by atoms with van der Waals surface area (Å²) in [6.07, 6.45) is 1.62. The van der Waals surface area contributed by atoms with Crippen LogP contribution in [-0.2, 0) is 9.59 Å². The van der Waals surface area contributed by atoms with E-state index in [0.717, 1.165) is 43.4 Å². The molecule has 9 heteroatoms. The number of carbonyl (C=O) groups is 2. The molecule has 1 fully saturated rings. The van der Waals surface area contributed by atoms with Crippen LogP contribution in [0, 0.1) is 0 Å². The number of hydrogen-bond acceptors (Lipinski definition) is 6. The summed E-state index contributed by atoms with van der Waals surface area (Å²) in [5.41, 5.74) is 1.15. The Morgan fingerprint density at radius 2 is 1.87 bits per heavy atom. The van der Waals surface area contributed by atoms with E-state index in [-0.39, 0.29) is 25.7 Å². The highest BCUT2D eigenvalue weighted by molar-refractivity contribution is 6.35. The SMILES string of the molecule is COc1ccc(N2CC[NH+]([C@H](CNC(=O)C(=O)NCCO)c3ccco3)CC2)cc1. The summed E-state index contributed by atoms with van der Waals surface area (Å²) in [5.74, 6) is 0.150. The predicted octanol–water partition coefficient (Wildman–Crippen LogP) is -1.04.